The topological polar surface area (TPSA) is 15.3 Å². The van der Waals surface area contributed by atoms with Crippen LogP contribution in [0.3, 0.4) is 0 Å². The smallest absolute Gasteiger partial charge is 0.00965 e. The van der Waals surface area contributed by atoms with Gasteiger partial charge < -0.3 is 10.2 Å². The summed E-state index contributed by atoms with van der Waals surface area (Å²) in [6, 6.07) is 0.981. The van der Waals surface area contributed by atoms with Crippen molar-refractivity contribution in [3.05, 3.63) is 0 Å². The number of hydrogen-bond donors (Lipinski definition) is 1. The van der Waals surface area contributed by atoms with Crippen LogP contribution >= 0.6 is 0 Å². The molecule has 2 fully saturated rings. The summed E-state index contributed by atoms with van der Waals surface area (Å²) in [5.74, 6) is 0.936. The third-order valence-electron chi connectivity index (χ3n) is 4.27. The number of likely N-dealkylation sites (tertiary alicyclic amines) is 1. The van der Waals surface area contributed by atoms with Crippen LogP contribution < -0.4 is 5.32 Å². The molecule has 1 atom stereocenters. The molecule has 1 aliphatic carbocycles. The van der Waals surface area contributed by atoms with Crippen molar-refractivity contribution in [3.8, 4) is 0 Å². The maximum atomic E-state index is 3.66. The lowest BCUT2D eigenvalue weighted by molar-refractivity contribution is 0.312. The van der Waals surface area contributed by atoms with Gasteiger partial charge in [-0.3, -0.25) is 0 Å². The molecule has 1 saturated carbocycles. The van der Waals surface area contributed by atoms with Gasteiger partial charge >= 0.3 is 0 Å². The van der Waals surface area contributed by atoms with Crippen LogP contribution in [0.4, 0.5) is 0 Å². The Morgan fingerprint density at radius 2 is 1.88 bits per heavy atom. The van der Waals surface area contributed by atoms with Gasteiger partial charge in [-0.25, -0.2) is 0 Å². The molecule has 1 N–H and O–H groups in total. The van der Waals surface area contributed by atoms with Crippen LogP contribution in [0.15, 0.2) is 0 Å². The minimum atomic E-state index is 0.936. The van der Waals surface area contributed by atoms with Gasteiger partial charge in [0.25, 0.3) is 0 Å². The lowest BCUT2D eigenvalue weighted by Crippen LogP contribution is -2.28. The van der Waals surface area contributed by atoms with Gasteiger partial charge in [0.1, 0.15) is 0 Å². The minimum absolute atomic E-state index is 0.936. The van der Waals surface area contributed by atoms with Crippen LogP contribution in [0.1, 0.15) is 58.3 Å². The molecule has 2 nitrogen and oxygen atoms in total. The van der Waals surface area contributed by atoms with E-state index in [1.165, 1.54) is 77.5 Å². The summed E-state index contributed by atoms with van der Waals surface area (Å²) in [5, 5.41) is 3.66. The van der Waals surface area contributed by atoms with Crippen LogP contribution in [0.25, 0.3) is 0 Å². The second-order valence-electron chi connectivity index (χ2n) is 6.00. The average molecular weight is 238 g/mol. The second-order valence-corrected chi connectivity index (χ2v) is 6.00. The van der Waals surface area contributed by atoms with E-state index in [4.69, 9.17) is 0 Å². The molecule has 0 aromatic heterocycles. The number of rotatable bonds is 9. The zero-order valence-corrected chi connectivity index (χ0v) is 11.6. The van der Waals surface area contributed by atoms with Gasteiger partial charge in [0.2, 0.25) is 0 Å². The predicted octanol–water partition coefficient (Wildman–Crippen LogP) is 3.03. The third-order valence-corrected chi connectivity index (χ3v) is 4.27. The van der Waals surface area contributed by atoms with E-state index in [0.29, 0.717) is 0 Å². The predicted molar refractivity (Wildman–Crippen MR) is 74.3 cm³/mol. The van der Waals surface area contributed by atoms with E-state index in [0.717, 1.165) is 12.0 Å². The first-order chi connectivity index (χ1) is 8.40. The standard InChI is InChI=1S/C15H30N2/c1-2-3-4-5-6-10-16-12-14-9-11-17(13-14)15-7-8-15/h14-16H,2-13H2,1H3. The summed E-state index contributed by atoms with van der Waals surface area (Å²) in [6.07, 6.45) is 11.4. The lowest BCUT2D eigenvalue weighted by atomic mass is 10.1. The molecule has 17 heavy (non-hydrogen) atoms. The van der Waals surface area contributed by atoms with Crippen LogP contribution in [0.2, 0.25) is 0 Å². The molecule has 2 aliphatic rings. The first-order valence-corrected chi connectivity index (χ1v) is 7.85. The Balaban J connectivity index is 1.40. The largest absolute Gasteiger partial charge is 0.316 e. The highest BCUT2D eigenvalue weighted by molar-refractivity contribution is 4.89. The Labute approximate surface area is 107 Å². The van der Waals surface area contributed by atoms with E-state index in [9.17, 15) is 0 Å². The molecule has 100 valence electrons. The minimum Gasteiger partial charge on any atom is -0.316 e. The number of nitrogens with one attached hydrogen (secondary N) is 1. The van der Waals surface area contributed by atoms with E-state index in [1.807, 2.05) is 0 Å². The summed E-state index contributed by atoms with van der Waals surface area (Å²) >= 11 is 0. The molecular formula is C15H30N2. The molecule has 1 aliphatic heterocycles. The number of unbranched alkanes of at least 4 members (excludes halogenated alkanes) is 4. The van der Waals surface area contributed by atoms with Crippen molar-refractivity contribution in [1.29, 1.82) is 0 Å². The molecule has 2 heteroatoms. The van der Waals surface area contributed by atoms with E-state index < -0.39 is 0 Å². The van der Waals surface area contributed by atoms with Gasteiger partial charge in [-0.05, 0) is 51.2 Å². The quantitative estimate of drug-likeness (QED) is 0.621. The van der Waals surface area contributed by atoms with Gasteiger partial charge in [0, 0.05) is 12.6 Å². The molecule has 0 spiro atoms. The average Bonchev–Trinajstić information content (AvgIpc) is 3.09. The summed E-state index contributed by atoms with van der Waals surface area (Å²) in [7, 11) is 0. The molecule has 0 aromatic carbocycles. The van der Waals surface area contributed by atoms with Crippen molar-refractivity contribution in [2.75, 3.05) is 26.2 Å². The van der Waals surface area contributed by atoms with Crippen molar-refractivity contribution >= 4 is 0 Å². The fourth-order valence-electron chi connectivity index (χ4n) is 2.96. The summed E-state index contributed by atoms with van der Waals surface area (Å²) in [5.41, 5.74) is 0. The van der Waals surface area contributed by atoms with Crippen LogP contribution in [-0.2, 0) is 0 Å². The molecule has 1 saturated heterocycles. The Morgan fingerprint density at radius 1 is 1.06 bits per heavy atom. The maximum absolute atomic E-state index is 3.66. The molecule has 2 rings (SSSR count). The molecule has 0 amide bonds. The van der Waals surface area contributed by atoms with Gasteiger partial charge in [0.15, 0.2) is 0 Å². The molecule has 1 unspecified atom stereocenters. The highest BCUT2D eigenvalue weighted by atomic mass is 15.2. The van der Waals surface area contributed by atoms with Crippen LogP contribution in [-0.4, -0.2) is 37.1 Å². The fourth-order valence-corrected chi connectivity index (χ4v) is 2.96. The molecule has 0 bridgehead atoms. The van der Waals surface area contributed by atoms with E-state index >= 15 is 0 Å². The summed E-state index contributed by atoms with van der Waals surface area (Å²) in [6.45, 7) is 7.52. The zero-order valence-electron chi connectivity index (χ0n) is 11.6. The summed E-state index contributed by atoms with van der Waals surface area (Å²) < 4.78 is 0. The monoisotopic (exact) mass is 238 g/mol. The molecule has 1 heterocycles. The van der Waals surface area contributed by atoms with Gasteiger partial charge in [-0.1, -0.05) is 32.6 Å². The normalized spacial score (nSPS) is 25.6. The Bertz CT molecular complexity index is 201. The van der Waals surface area contributed by atoms with Gasteiger partial charge in [-0.2, -0.15) is 0 Å². The first-order valence-electron chi connectivity index (χ1n) is 7.85. The second kappa shape index (κ2) is 7.38. The number of nitrogens with zero attached hydrogens (tertiary/aromatic N) is 1. The zero-order chi connectivity index (χ0) is 11.9. The number of hydrogen-bond acceptors (Lipinski definition) is 2. The maximum Gasteiger partial charge on any atom is 0.00965 e. The highest BCUT2D eigenvalue weighted by Crippen LogP contribution is 2.31. The summed E-state index contributed by atoms with van der Waals surface area (Å²) in [4.78, 5) is 2.72. The van der Waals surface area contributed by atoms with Gasteiger partial charge in [0.05, 0.1) is 0 Å². The van der Waals surface area contributed by atoms with E-state index in [1.54, 1.807) is 0 Å². The Hall–Kier alpha value is -0.0800. The first kappa shape index (κ1) is 13.4. The van der Waals surface area contributed by atoms with Crippen LogP contribution in [0.5, 0.6) is 0 Å². The van der Waals surface area contributed by atoms with Crippen molar-refractivity contribution < 1.29 is 0 Å². The molecule has 0 radical (unpaired) electrons. The van der Waals surface area contributed by atoms with E-state index in [-0.39, 0.29) is 0 Å². The van der Waals surface area contributed by atoms with Crippen molar-refractivity contribution in [3.63, 3.8) is 0 Å². The molecule has 0 aromatic rings. The molecular weight excluding hydrogens is 208 g/mol. The highest BCUT2D eigenvalue weighted by Gasteiger charge is 2.33. The Morgan fingerprint density at radius 3 is 2.65 bits per heavy atom. The van der Waals surface area contributed by atoms with Crippen molar-refractivity contribution in [2.45, 2.75) is 64.3 Å². The fraction of sp³-hybridized carbons (Fsp3) is 1.00. The SMILES string of the molecule is CCCCCCCNCC1CCN(C2CC2)C1. The Kier molecular flexibility index (Phi) is 5.79. The lowest BCUT2D eigenvalue weighted by Gasteiger charge is -2.15. The van der Waals surface area contributed by atoms with Crippen LogP contribution in [0, 0.1) is 5.92 Å². The third kappa shape index (κ3) is 4.97. The van der Waals surface area contributed by atoms with E-state index in [2.05, 4.69) is 17.1 Å². The van der Waals surface area contributed by atoms with Gasteiger partial charge in [-0.15, -0.1) is 0 Å². The van der Waals surface area contributed by atoms with Crippen molar-refractivity contribution in [1.82, 2.24) is 10.2 Å². The van der Waals surface area contributed by atoms with Crippen molar-refractivity contribution in [2.24, 2.45) is 5.92 Å².